The Labute approximate surface area is 512 Å². The number of hydrogen-bond acceptors (Lipinski definition) is 10. The van der Waals surface area contributed by atoms with Crippen molar-refractivity contribution >= 4 is 5.91 Å². The van der Waals surface area contributed by atoms with Crippen molar-refractivity contribution < 1.29 is 50.0 Å². The monoisotopic (exact) mass is 1180 g/mol. The first kappa shape index (κ1) is 79.9. The molecule has 0 bridgehead atoms. The molecule has 1 heterocycles. The third-order valence-corrected chi connectivity index (χ3v) is 18.1. The van der Waals surface area contributed by atoms with Gasteiger partial charge in [0.05, 0.1) is 25.4 Å². The quantitative estimate of drug-likeness (QED) is 0.0215. The van der Waals surface area contributed by atoms with Gasteiger partial charge in [0.2, 0.25) is 5.91 Å². The summed E-state index contributed by atoms with van der Waals surface area (Å²) in [5, 5.41) is 76.5. The van der Waals surface area contributed by atoms with E-state index in [1.54, 1.807) is 0 Å². The first-order valence-electron chi connectivity index (χ1n) is 36.6. The highest BCUT2D eigenvalue weighted by Crippen LogP contribution is 2.24. The molecule has 0 aromatic rings. The minimum absolute atomic E-state index is 0.265. The Bertz CT molecular complexity index is 1350. The Morgan fingerprint density at radius 3 is 1.01 bits per heavy atom. The molecule has 9 atom stereocenters. The number of nitrogens with one attached hydrogen (secondary N) is 1. The van der Waals surface area contributed by atoms with Crippen LogP contribution in [0.1, 0.15) is 373 Å². The van der Waals surface area contributed by atoms with E-state index in [0.717, 1.165) is 38.5 Å². The van der Waals surface area contributed by atoms with Gasteiger partial charge in [-0.05, 0) is 38.5 Å². The highest BCUT2D eigenvalue weighted by atomic mass is 16.7. The van der Waals surface area contributed by atoms with Crippen LogP contribution >= 0.6 is 0 Å². The van der Waals surface area contributed by atoms with Crippen LogP contribution in [0.5, 0.6) is 0 Å². The average Bonchev–Trinajstić information content (AvgIpc) is 3.69. The van der Waals surface area contributed by atoms with Crippen molar-refractivity contribution in [1.82, 2.24) is 5.32 Å². The zero-order valence-corrected chi connectivity index (χ0v) is 54.7. The van der Waals surface area contributed by atoms with E-state index in [2.05, 4.69) is 31.3 Å². The third-order valence-electron chi connectivity index (χ3n) is 18.1. The van der Waals surface area contributed by atoms with E-state index in [0.29, 0.717) is 19.3 Å². The van der Waals surface area contributed by atoms with Gasteiger partial charge < -0.3 is 50.5 Å². The van der Waals surface area contributed by atoms with Crippen molar-refractivity contribution in [2.24, 2.45) is 0 Å². The second kappa shape index (κ2) is 61.1. The summed E-state index contributed by atoms with van der Waals surface area (Å²) in [7, 11) is 0. The van der Waals surface area contributed by atoms with Gasteiger partial charge in [-0.1, -0.05) is 347 Å². The van der Waals surface area contributed by atoms with Crippen molar-refractivity contribution in [2.45, 2.75) is 428 Å². The molecule has 11 nitrogen and oxygen atoms in total. The number of ether oxygens (including phenoxy) is 2. The second-order valence-corrected chi connectivity index (χ2v) is 26.0. The highest BCUT2D eigenvalue weighted by molar-refractivity contribution is 5.80. The Kier molecular flexibility index (Phi) is 58.8. The molecular weight excluding hydrogens is 1040 g/mol. The lowest BCUT2D eigenvalue weighted by Gasteiger charge is -2.40. The van der Waals surface area contributed by atoms with Crippen LogP contribution in [-0.2, 0) is 14.3 Å². The van der Waals surface area contributed by atoms with Crippen LogP contribution in [0.3, 0.4) is 0 Å². The van der Waals surface area contributed by atoms with Crippen molar-refractivity contribution in [3.63, 3.8) is 0 Å². The fourth-order valence-corrected chi connectivity index (χ4v) is 12.2. The Morgan fingerprint density at radius 2 is 0.699 bits per heavy atom. The third kappa shape index (κ3) is 48.5. The van der Waals surface area contributed by atoms with Crippen molar-refractivity contribution in [1.29, 1.82) is 0 Å². The van der Waals surface area contributed by atoms with Gasteiger partial charge in [-0.2, -0.15) is 0 Å². The van der Waals surface area contributed by atoms with Crippen LogP contribution < -0.4 is 5.32 Å². The van der Waals surface area contributed by atoms with Gasteiger partial charge >= 0.3 is 0 Å². The molecule has 0 aromatic carbocycles. The largest absolute Gasteiger partial charge is 0.394 e. The summed E-state index contributed by atoms with van der Waals surface area (Å²) in [5.41, 5.74) is 0. The number of allylic oxidation sites excluding steroid dienone is 2. The van der Waals surface area contributed by atoms with Crippen molar-refractivity contribution in [3.8, 4) is 0 Å². The Balaban J connectivity index is 2.11. The molecule has 83 heavy (non-hydrogen) atoms. The van der Waals surface area contributed by atoms with Crippen LogP contribution in [0.15, 0.2) is 12.2 Å². The lowest BCUT2D eigenvalue weighted by atomic mass is 9.98. The van der Waals surface area contributed by atoms with E-state index in [1.165, 1.54) is 295 Å². The molecule has 494 valence electrons. The minimum atomic E-state index is -1.66. The maximum Gasteiger partial charge on any atom is 0.249 e. The number of rotatable bonds is 65. The van der Waals surface area contributed by atoms with E-state index < -0.39 is 74.2 Å². The van der Waals surface area contributed by atoms with Gasteiger partial charge in [0.15, 0.2) is 6.29 Å². The molecule has 0 aliphatic carbocycles. The Morgan fingerprint density at radius 1 is 0.410 bits per heavy atom. The number of aliphatic hydroxyl groups is 7. The standard InChI is InChI=1S/C72H141NO10/c1-3-5-7-9-11-13-15-17-19-21-23-24-25-26-27-28-29-30-31-32-33-34-35-36-37-38-39-40-41-42-44-46-48-50-52-54-56-58-60-65(76)71(81)73-63(62-82-72-70(80)69(79)68(78)66(61-74)83-72)67(77)64(75)59-57-55-53-51-49-47-45-43-22-20-18-16-14-12-10-8-6-4-2/h32-33,63-70,72,74-80H,3-31,34-62H2,1-2H3,(H,73,81)/b33-32-. The fourth-order valence-electron chi connectivity index (χ4n) is 12.2. The molecule has 8 N–H and O–H groups in total. The smallest absolute Gasteiger partial charge is 0.249 e. The van der Waals surface area contributed by atoms with Gasteiger partial charge in [0.25, 0.3) is 0 Å². The molecule has 0 spiro atoms. The Hall–Kier alpha value is -1.15. The maximum atomic E-state index is 13.2. The summed E-state index contributed by atoms with van der Waals surface area (Å²) in [4.78, 5) is 13.2. The van der Waals surface area contributed by atoms with Gasteiger partial charge in [-0.3, -0.25) is 4.79 Å². The van der Waals surface area contributed by atoms with E-state index in [4.69, 9.17) is 9.47 Å². The number of carbonyl (C=O) groups is 1. The molecule has 1 fully saturated rings. The van der Waals surface area contributed by atoms with Gasteiger partial charge in [-0.15, -0.1) is 0 Å². The van der Waals surface area contributed by atoms with Crippen LogP contribution in [0.2, 0.25) is 0 Å². The number of carbonyl (C=O) groups excluding carboxylic acids is 1. The van der Waals surface area contributed by atoms with E-state index in [1.807, 2.05) is 0 Å². The molecule has 1 amide bonds. The number of hydrogen-bond donors (Lipinski definition) is 8. The van der Waals surface area contributed by atoms with E-state index in [9.17, 15) is 40.5 Å². The summed E-state index contributed by atoms with van der Waals surface area (Å²) in [5.74, 6) is -0.689. The molecule has 1 saturated heterocycles. The first-order chi connectivity index (χ1) is 40.7. The van der Waals surface area contributed by atoms with Crippen LogP contribution in [0.4, 0.5) is 0 Å². The van der Waals surface area contributed by atoms with Crippen LogP contribution in [-0.4, -0.2) is 110 Å². The van der Waals surface area contributed by atoms with Gasteiger partial charge in [0, 0.05) is 0 Å². The molecule has 1 rings (SSSR count). The van der Waals surface area contributed by atoms with Crippen molar-refractivity contribution in [2.75, 3.05) is 13.2 Å². The summed E-state index contributed by atoms with van der Waals surface area (Å²) in [6.45, 7) is 3.52. The summed E-state index contributed by atoms with van der Waals surface area (Å²) in [6.07, 6.45) is 64.6. The van der Waals surface area contributed by atoms with E-state index in [-0.39, 0.29) is 6.42 Å². The molecule has 0 aromatic heterocycles. The molecular formula is C72H141NO10. The summed E-state index contributed by atoms with van der Waals surface area (Å²) >= 11 is 0. The lowest BCUT2D eigenvalue weighted by Crippen LogP contribution is -2.60. The van der Waals surface area contributed by atoms with Crippen LogP contribution in [0.25, 0.3) is 0 Å². The number of unbranched alkanes of at least 4 members (excludes halogenated alkanes) is 51. The topological polar surface area (TPSA) is 189 Å². The summed E-state index contributed by atoms with van der Waals surface area (Å²) in [6, 6.07) is -1.17. The fraction of sp³-hybridized carbons (Fsp3) is 0.958. The first-order valence-corrected chi connectivity index (χ1v) is 36.6. The van der Waals surface area contributed by atoms with Gasteiger partial charge in [-0.25, -0.2) is 0 Å². The SMILES string of the molecule is CCCCCCCCCCCCCCCCCCCC/C=C\CCCCCCCCCCCCCCCCCCC(O)C(=O)NC(COC1OC(CO)C(O)C(O)C1O)C(O)C(O)CCCCCCCCCCCCCCCCCCCC. The highest BCUT2D eigenvalue weighted by Gasteiger charge is 2.44. The van der Waals surface area contributed by atoms with Crippen LogP contribution in [0, 0.1) is 0 Å². The minimum Gasteiger partial charge on any atom is -0.394 e. The predicted molar refractivity (Wildman–Crippen MR) is 349 cm³/mol. The number of amides is 1. The molecule has 1 aliphatic heterocycles. The normalized spacial score (nSPS) is 19.0. The molecule has 0 radical (unpaired) electrons. The van der Waals surface area contributed by atoms with Gasteiger partial charge in [0.1, 0.15) is 36.6 Å². The zero-order valence-electron chi connectivity index (χ0n) is 54.7. The lowest BCUT2D eigenvalue weighted by molar-refractivity contribution is -0.303. The predicted octanol–water partition coefficient (Wildman–Crippen LogP) is 17.8. The molecule has 1 aliphatic rings. The average molecular weight is 1180 g/mol. The second-order valence-electron chi connectivity index (χ2n) is 26.0. The summed E-state index contributed by atoms with van der Waals surface area (Å²) < 4.78 is 11.2. The molecule has 11 heteroatoms. The zero-order chi connectivity index (χ0) is 60.3. The molecule has 9 unspecified atom stereocenters. The number of aliphatic hydroxyl groups excluding tert-OH is 7. The maximum absolute atomic E-state index is 13.2. The molecule has 0 saturated carbocycles. The van der Waals surface area contributed by atoms with E-state index >= 15 is 0 Å². The van der Waals surface area contributed by atoms with Crippen molar-refractivity contribution in [3.05, 3.63) is 12.2 Å².